The summed E-state index contributed by atoms with van der Waals surface area (Å²) in [6.07, 6.45) is 0.834. The average molecular weight is 291 g/mol. The Morgan fingerprint density at radius 1 is 1.42 bits per heavy atom. The average Bonchev–Trinajstić information content (AvgIpc) is 2.81. The van der Waals surface area contributed by atoms with Crippen molar-refractivity contribution in [1.29, 1.82) is 0 Å². The predicted octanol–water partition coefficient (Wildman–Crippen LogP) is -3.23. The van der Waals surface area contributed by atoms with Gasteiger partial charge in [-0.15, -0.1) is 0 Å². The molecule has 1 aromatic rings. The number of hydrogen-bond acceptors (Lipinski definition) is 6. The molecule has 2 rings (SSSR count). The van der Waals surface area contributed by atoms with E-state index in [-0.39, 0.29) is 36.4 Å². The second kappa shape index (κ2) is 8.01. The Balaban J connectivity index is 0.00000180. The van der Waals surface area contributed by atoms with Crippen LogP contribution in [0.15, 0.2) is 18.2 Å². The quantitative estimate of drug-likeness (QED) is 0.438. The molecule has 19 heavy (non-hydrogen) atoms. The zero-order chi connectivity index (χ0) is 13.0. The van der Waals surface area contributed by atoms with E-state index in [0.717, 1.165) is 29.2 Å². The number of ether oxygens (including phenoxy) is 2. The second-order valence-electron chi connectivity index (χ2n) is 3.94. The molecule has 1 heterocycles. The molecule has 0 saturated heterocycles. The molecule has 5 nitrogen and oxygen atoms in total. The van der Waals surface area contributed by atoms with Crippen LogP contribution in [0.25, 0.3) is 0 Å². The Hall–Kier alpha value is -0.400. The largest absolute Gasteiger partial charge is 1.00 e. The number of carbonyl (C=O) groups is 1. The van der Waals surface area contributed by atoms with Crippen molar-refractivity contribution in [3.8, 4) is 11.5 Å². The molecule has 1 unspecified atom stereocenters. The molecule has 0 aromatic heterocycles. The third-order valence-corrected chi connectivity index (χ3v) is 3.66. The van der Waals surface area contributed by atoms with Gasteiger partial charge in [0.05, 0.1) is 12.0 Å². The molecule has 0 aliphatic carbocycles. The molecule has 1 aliphatic heterocycles. The van der Waals surface area contributed by atoms with Crippen LogP contribution in [0.1, 0.15) is 5.56 Å². The monoisotopic (exact) mass is 291 g/mol. The minimum absolute atomic E-state index is 0. The van der Waals surface area contributed by atoms with Crippen LogP contribution in [-0.4, -0.2) is 30.3 Å². The van der Waals surface area contributed by atoms with Crippen LogP contribution >= 0.6 is 11.8 Å². The third-order valence-electron chi connectivity index (χ3n) is 2.57. The van der Waals surface area contributed by atoms with Gasteiger partial charge in [0, 0.05) is 5.75 Å². The molecule has 0 radical (unpaired) electrons. The van der Waals surface area contributed by atoms with E-state index in [9.17, 15) is 9.90 Å². The van der Waals surface area contributed by atoms with Gasteiger partial charge in [-0.25, -0.2) is 0 Å². The Kier molecular flexibility index (Phi) is 7.02. The number of aliphatic carboxylic acids is 1. The molecular weight excluding hydrogens is 277 g/mol. The van der Waals surface area contributed by atoms with Crippen LogP contribution in [-0.2, 0) is 11.2 Å². The van der Waals surface area contributed by atoms with E-state index in [0.29, 0.717) is 5.75 Å². The van der Waals surface area contributed by atoms with Crippen molar-refractivity contribution in [2.45, 2.75) is 12.5 Å². The molecular formula is C12H14NNaO4S. The first-order chi connectivity index (χ1) is 8.66. The van der Waals surface area contributed by atoms with Crippen LogP contribution in [0.5, 0.6) is 11.5 Å². The minimum atomic E-state index is -1.20. The molecule has 2 N–H and O–H groups in total. The molecule has 7 heteroatoms. The summed E-state index contributed by atoms with van der Waals surface area (Å²) in [5.74, 6) is 1.51. The van der Waals surface area contributed by atoms with E-state index >= 15 is 0 Å². The number of nitrogens with two attached hydrogens (primary N) is 1. The summed E-state index contributed by atoms with van der Waals surface area (Å²) in [4.78, 5) is 10.4. The van der Waals surface area contributed by atoms with Gasteiger partial charge in [0.1, 0.15) is 0 Å². The molecule has 1 atom stereocenters. The predicted molar refractivity (Wildman–Crippen MR) is 66.6 cm³/mol. The summed E-state index contributed by atoms with van der Waals surface area (Å²) in [5.41, 5.74) is 6.48. The van der Waals surface area contributed by atoms with Gasteiger partial charge in [-0.3, -0.25) is 0 Å². The van der Waals surface area contributed by atoms with Crippen LogP contribution < -0.4 is 49.9 Å². The van der Waals surface area contributed by atoms with E-state index < -0.39 is 12.0 Å². The van der Waals surface area contributed by atoms with Gasteiger partial charge in [-0.2, -0.15) is 11.8 Å². The van der Waals surface area contributed by atoms with E-state index in [2.05, 4.69) is 0 Å². The molecule has 0 amide bonds. The normalized spacial score (nSPS) is 13.7. The van der Waals surface area contributed by atoms with Crippen molar-refractivity contribution in [3.63, 3.8) is 0 Å². The van der Waals surface area contributed by atoms with Crippen molar-refractivity contribution in [2.75, 3.05) is 18.3 Å². The zero-order valence-electron chi connectivity index (χ0n) is 10.8. The van der Waals surface area contributed by atoms with Crippen LogP contribution in [0.4, 0.5) is 0 Å². The number of fused-ring (bicyclic) bond motifs is 1. The number of thioether (sulfide) groups is 1. The van der Waals surface area contributed by atoms with Crippen molar-refractivity contribution < 1.29 is 48.9 Å². The first kappa shape index (κ1) is 16.7. The van der Waals surface area contributed by atoms with E-state index in [1.54, 1.807) is 0 Å². The Labute approximate surface area is 138 Å². The van der Waals surface area contributed by atoms with Gasteiger partial charge in [0.25, 0.3) is 0 Å². The zero-order valence-corrected chi connectivity index (χ0v) is 13.6. The number of carboxylic acids is 1. The first-order valence-electron chi connectivity index (χ1n) is 5.59. The van der Waals surface area contributed by atoms with Crippen molar-refractivity contribution in [2.24, 2.45) is 5.73 Å². The number of carboxylic acid groups (broad SMARTS) is 1. The standard InChI is InChI=1S/C12H15NO4S.Na/c13-9(12(14)15)6-18-4-3-8-1-2-10-11(5-8)17-7-16-10;/h1-2,5,9H,3-4,6-7,13H2,(H,14,15);/q;+1/p-1. The number of rotatable bonds is 6. The van der Waals surface area contributed by atoms with Gasteiger partial charge >= 0.3 is 29.6 Å². The van der Waals surface area contributed by atoms with E-state index in [1.165, 1.54) is 11.8 Å². The summed E-state index contributed by atoms with van der Waals surface area (Å²) in [7, 11) is 0. The Morgan fingerprint density at radius 2 is 2.16 bits per heavy atom. The third kappa shape index (κ3) is 4.89. The molecule has 0 spiro atoms. The Morgan fingerprint density at radius 3 is 2.89 bits per heavy atom. The summed E-state index contributed by atoms with van der Waals surface area (Å²) in [6.45, 7) is 0.272. The number of aryl methyl sites for hydroxylation is 1. The minimum Gasteiger partial charge on any atom is -0.548 e. The molecule has 98 valence electrons. The summed E-state index contributed by atoms with van der Waals surface area (Å²) in [6, 6.07) is 4.91. The molecule has 1 aliphatic rings. The molecule has 0 bridgehead atoms. The van der Waals surface area contributed by atoms with Crippen molar-refractivity contribution >= 4 is 17.7 Å². The molecule has 0 fully saturated rings. The van der Waals surface area contributed by atoms with Gasteiger partial charge in [0.15, 0.2) is 11.5 Å². The number of carbonyl (C=O) groups excluding carboxylic acids is 1. The fourth-order valence-electron chi connectivity index (χ4n) is 1.56. The van der Waals surface area contributed by atoms with Crippen LogP contribution in [0.2, 0.25) is 0 Å². The molecule has 1 aromatic carbocycles. The summed E-state index contributed by atoms with van der Waals surface area (Å²) in [5, 5.41) is 10.4. The maximum absolute atomic E-state index is 10.4. The fraction of sp³-hybridized carbons (Fsp3) is 0.417. The van der Waals surface area contributed by atoms with E-state index in [1.807, 2.05) is 18.2 Å². The fourth-order valence-corrected chi connectivity index (χ4v) is 2.50. The topological polar surface area (TPSA) is 84.6 Å². The van der Waals surface area contributed by atoms with E-state index in [4.69, 9.17) is 15.2 Å². The number of hydrogen-bond donors (Lipinski definition) is 1. The smallest absolute Gasteiger partial charge is 0.548 e. The van der Waals surface area contributed by atoms with Crippen molar-refractivity contribution in [3.05, 3.63) is 23.8 Å². The molecule has 0 saturated carbocycles. The SMILES string of the molecule is NC(CSCCc1ccc2c(c1)OCO2)C(=O)[O-].[Na+]. The van der Waals surface area contributed by atoms with Gasteiger partial charge in [-0.05, 0) is 29.9 Å². The van der Waals surface area contributed by atoms with Crippen molar-refractivity contribution in [1.82, 2.24) is 0 Å². The summed E-state index contributed by atoms with van der Waals surface area (Å²) < 4.78 is 10.5. The second-order valence-corrected chi connectivity index (χ2v) is 5.09. The first-order valence-corrected chi connectivity index (χ1v) is 6.75. The number of benzene rings is 1. The maximum Gasteiger partial charge on any atom is 1.00 e. The van der Waals surface area contributed by atoms with Gasteiger partial charge in [0.2, 0.25) is 6.79 Å². The van der Waals surface area contributed by atoms with Crippen LogP contribution in [0.3, 0.4) is 0 Å². The van der Waals surface area contributed by atoms with Gasteiger partial charge in [-0.1, -0.05) is 6.07 Å². The Bertz CT molecular complexity index is 444. The summed E-state index contributed by atoms with van der Waals surface area (Å²) >= 11 is 1.50. The maximum atomic E-state index is 10.4. The van der Waals surface area contributed by atoms with Crippen LogP contribution in [0, 0.1) is 0 Å². The van der Waals surface area contributed by atoms with Gasteiger partial charge < -0.3 is 25.1 Å².